The van der Waals surface area contributed by atoms with Crippen LogP contribution in [0.3, 0.4) is 0 Å². The van der Waals surface area contributed by atoms with Gasteiger partial charge in [0, 0.05) is 5.69 Å². The molecule has 78 valence electrons. The summed E-state index contributed by atoms with van der Waals surface area (Å²) in [5, 5.41) is 2.71. The molecule has 15 heavy (non-hydrogen) atoms. The third-order valence-corrected chi connectivity index (χ3v) is 2.51. The molecule has 0 aromatic heterocycles. The summed E-state index contributed by atoms with van der Waals surface area (Å²) in [6, 6.07) is 3.39. The average molecular weight is 205 g/mol. The van der Waals surface area contributed by atoms with Gasteiger partial charge in [-0.1, -0.05) is 0 Å². The number of esters is 1. The Balaban J connectivity index is 2.48. The molecular weight excluding hydrogens is 194 g/mol. The van der Waals surface area contributed by atoms with Crippen LogP contribution >= 0.6 is 0 Å². The Hall–Kier alpha value is -1.84. The number of rotatable bonds is 1. The first-order chi connectivity index (χ1) is 7.11. The largest absolute Gasteiger partial charge is 0.465 e. The van der Waals surface area contributed by atoms with Crippen LogP contribution in [0.5, 0.6) is 0 Å². The van der Waals surface area contributed by atoms with E-state index >= 15 is 0 Å². The van der Waals surface area contributed by atoms with Gasteiger partial charge in [-0.25, -0.2) is 4.79 Å². The van der Waals surface area contributed by atoms with Gasteiger partial charge in [0.15, 0.2) is 0 Å². The van der Waals surface area contributed by atoms with Gasteiger partial charge >= 0.3 is 5.97 Å². The summed E-state index contributed by atoms with van der Waals surface area (Å²) in [7, 11) is 1.34. The Labute approximate surface area is 87.2 Å². The van der Waals surface area contributed by atoms with Crippen LogP contribution in [0.25, 0.3) is 0 Å². The minimum absolute atomic E-state index is 0.0323. The first-order valence-electron chi connectivity index (χ1n) is 4.63. The van der Waals surface area contributed by atoms with E-state index in [9.17, 15) is 9.59 Å². The zero-order valence-corrected chi connectivity index (χ0v) is 8.59. The number of hydrogen-bond acceptors (Lipinski definition) is 3. The van der Waals surface area contributed by atoms with Crippen LogP contribution in [0.2, 0.25) is 0 Å². The minimum atomic E-state index is -0.387. The topological polar surface area (TPSA) is 55.4 Å². The molecule has 4 heteroatoms. The molecule has 0 fully saturated rings. The van der Waals surface area contributed by atoms with Crippen LogP contribution in [-0.4, -0.2) is 19.0 Å². The smallest absolute Gasteiger partial charge is 0.337 e. The van der Waals surface area contributed by atoms with Gasteiger partial charge in [-0.05, 0) is 30.2 Å². The van der Waals surface area contributed by atoms with Gasteiger partial charge in [0.25, 0.3) is 0 Å². The maximum atomic E-state index is 11.3. The van der Waals surface area contributed by atoms with E-state index in [1.165, 1.54) is 7.11 Å². The van der Waals surface area contributed by atoms with Crippen molar-refractivity contribution >= 4 is 17.6 Å². The quantitative estimate of drug-likeness (QED) is 0.702. The van der Waals surface area contributed by atoms with Crippen molar-refractivity contribution in [3.05, 3.63) is 28.8 Å². The van der Waals surface area contributed by atoms with Gasteiger partial charge in [-0.3, -0.25) is 4.79 Å². The molecule has 1 N–H and O–H groups in total. The molecule has 0 aliphatic carbocycles. The van der Waals surface area contributed by atoms with E-state index in [4.69, 9.17) is 0 Å². The molecule has 1 aliphatic rings. The van der Waals surface area contributed by atoms with Crippen molar-refractivity contribution in [1.29, 1.82) is 0 Å². The average Bonchev–Trinajstić information content (AvgIpc) is 2.58. The van der Waals surface area contributed by atoms with Crippen LogP contribution in [0.15, 0.2) is 12.1 Å². The Kier molecular flexibility index (Phi) is 2.19. The van der Waals surface area contributed by atoms with Crippen molar-refractivity contribution in [2.45, 2.75) is 13.3 Å². The third-order valence-electron chi connectivity index (χ3n) is 2.51. The molecule has 1 aliphatic heterocycles. The summed E-state index contributed by atoms with van der Waals surface area (Å²) >= 11 is 0. The highest BCUT2D eigenvalue weighted by molar-refractivity contribution is 6.01. The van der Waals surface area contributed by atoms with E-state index < -0.39 is 0 Å². The van der Waals surface area contributed by atoms with Crippen molar-refractivity contribution in [3.63, 3.8) is 0 Å². The number of hydrogen-bond donors (Lipinski definition) is 1. The zero-order valence-electron chi connectivity index (χ0n) is 8.59. The lowest BCUT2D eigenvalue weighted by Crippen LogP contribution is -2.04. The summed E-state index contributed by atoms with van der Waals surface area (Å²) in [4.78, 5) is 22.5. The van der Waals surface area contributed by atoms with E-state index in [1.807, 2.05) is 6.92 Å². The monoisotopic (exact) mass is 205 g/mol. The first kappa shape index (κ1) is 9.71. The Bertz CT molecular complexity index is 451. The number of ether oxygens (including phenoxy) is 1. The van der Waals surface area contributed by atoms with Crippen molar-refractivity contribution < 1.29 is 14.3 Å². The molecule has 0 spiro atoms. The second-order valence-corrected chi connectivity index (χ2v) is 3.54. The fraction of sp³-hybridized carbons (Fsp3) is 0.273. The standard InChI is InChI=1S/C11H11NO3/c1-6-3-7(11(14)15-2)4-9-8(6)5-10(13)12-9/h3-4H,5H2,1-2H3,(H,12,13). The number of aryl methyl sites for hydroxylation is 1. The maximum absolute atomic E-state index is 11.3. The van der Waals surface area contributed by atoms with Gasteiger partial charge in [-0.15, -0.1) is 0 Å². The number of carbonyl (C=O) groups is 2. The normalized spacial score (nSPS) is 13.3. The second-order valence-electron chi connectivity index (χ2n) is 3.54. The van der Waals surface area contributed by atoms with Crippen molar-refractivity contribution in [1.82, 2.24) is 0 Å². The highest BCUT2D eigenvalue weighted by Gasteiger charge is 2.21. The highest BCUT2D eigenvalue weighted by atomic mass is 16.5. The van der Waals surface area contributed by atoms with E-state index in [2.05, 4.69) is 10.1 Å². The van der Waals surface area contributed by atoms with Crippen molar-refractivity contribution in [2.75, 3.05) is 12.4 Å². The van der Waals surface area contributed by atoms with Crippen LogP contribution in [-0.2, 0) is 16.0 Å². The van der Waals surface area contributed by atoms with Crippen LogP contribution in [0, 0.1) is 6.92 Å². The summed E-state index contributed by atoms with van der Waals surface area (Å²) in [5.41, 5.74) is 3.09. The molecule has 1 aromatic carbocycles. The summed E-state index contributed by atoms with van der Waals surface area (Å²) in [5.74, 6) is -0.419. The molecule has 4 nitrogen and oxygen atoms in total. The molecule has 0 atom stereocenters. The molecule has 0 radical (unpaired) electrons. The summed E-state index contributed by atoms with van der Waals surface area (Å²) in [6.45, 7) is 1.88. The van der Waals surface area contributed by atoms with Crippen molar-refractivity contribution in [3.8, 4) is 0 Å². The Morgan fingerprint density at radius 2 is 2.20 bits per heavy atom. The number of benzene rings is 1. The molecule has 0 unspecified atom stereocenters. The molecular formula is C11H11NO3. The number of carbonyl (C=O) groups excluding carboxylic acids is 2. The van der Waals surface area contributed by atoms with Crippen LogP contribution in [0.1, 0.15) is 21.5 Å². The zero-order chi connectivity index (χ0) is 11.0. The Morgan fingerprint density at radius 1 is 1.47 bits per heavy atom. The van der Waals surface area contributed by atoms with E-state index in [-0.39, 0.29) is 11.9 Å². The predicted octanol–water partition coefficient (Wildman–Crippen LogP) is 1.28. The van der Waals surface area contributed by atoms with Crippen LogP contribution < -0.4 is 5.32 Å². The SMILES string of the molecule is COC(=O)c1cc(C)c2c(c1)NC(=O)C2. The fourth-order valence-corrected chi connectivity index (χ4v) is 1.75. The third kappa shape index (κ3) is 1.58. The summed E-state index contributed by atoms with van der Waals surface area (Å²) in [6.07, 6.45) is 0.391. The highest BCUT2D eigenvalue weighted by Crippen LogP contribution is 2.27. The molecule has 0 bridgehead atoms. The number of anilines is 1. The molecule has 1 heterocycles. The lowest BCUT2D eigenvalue weighted by atomic mass is 10.0. The number of nitrogens with one attached hydrogen (secondary N) is 1. The van der Waals surface area contributed by atoms with E-state index in [0.29, 0.717) is 12.0 Å². The number of methoxy groups -OCH3 is 1. The Morgan fingerprint density at radius 3 is 2.87 bits per heavy atom. The molecule has 1 amide bonds. The fourth-order valence-electron chi connectivity index (χ4n) is 1.75. The van der Waals surface area contributed by atoms with Crippen LogP contribution in [0.4, 0.5) is 5.69 Å². The van der Waals surface area contributed by atoms with E-state index in [0.717, 1.165) is 16.8 Å². The number of amides is 1. The summed E-state index contributed by atoms with van der Waals surface area (Å²) < 4.78 is 4.63. The van der Waals surface area contributed by atoms with Gasteiger partial charge in [0.2, 0.25) is 5.91 Å². The lowest BCUT2D eigenvalue weighted by Gasteiger charge is -2.06. The minimum Gasteiger partial charge on any atom is -0.465 e. The second kappa shape index (κ2) is 3.38. The molecule has 0 saturated heterocycles. The van der Waals surface area contributed by atoms with Gasteiger partial charge in [-0.2, -0.15) is 0 Å². The van der Waals surface area contributed by atoms with Gasteiger partial charge in [0.05, 0.1) is 19.1 Å². The van der Waals surface area contributed by atoms with E-state index in [1.54, 1.807) is 12.1 Å². The maximum Gasteiger partial charge on any atom is 0.337 e. The molecule has 0 saturated carbocycles. The molecule has 2 rings (SSSR count). The lowest BCUT2D eigenvalue weighted by molar-refractivity contribution is -0.115. The first-order valence-corrected chi connectivity index (χ1v) is 4.63. The predicted molar refractivity (Wildman–Crippen MR) is 54.9 cm³/mol. The van der Waals surface area contributed by atoms with Crippen molar-refractivity contribution in [2.24, 2.45) is 0 Å². The molecule has 1 aromatic rings. The van der Waals surface area contributed by atoms with Gasteiger partial charge < -0.3 is 10.1 Å². The number of fused-ring (bicyclic) bond motifs is 1. The van der Waals surface area contributed by atoms with Gasteiger partial charge in [0.1, 0.15) is 0 Å².